The second kappa shape index (κ2) is 6.88. The van der Waals surface area contributed by atoms with E-state index in [9.17, 15) is 15.2 Å². The summed E-state index contributed by atoms with van der Waals surface area (Å²) < 4.78 is 10.5. The number of para-hydroxylation sites is 1. The summed E-state index contributed by atoms with van der Waals surface area (Å²) in [6, 6.07) is 11.4. The number of ether oxygens (including phenoxy) is 2. The van der Waals surface area contributed by atoms with E-state index in [1.807, 2.05) is 0 Å². The molecule has 0 bridgehead atoms. The molecule has 0 aliphatic heterocycles. The van der Waals surface area contributed by atoms with Crippen molar-refractivity contribution in [2.45, 2.75) is 25.4 Å². The topological polar surface area (TPSA) is 81.5 Å². The van der Waals surface area contributed by atoms with Crippen LogP contribution in [0.5, 0.6) is 11.5 Å². The zero-order chi connectivity index (χ0) is 17.9. The van der Waals surface area contributed by atoms with Crippen molar-refractivity contribution in [3.8, 4) is 11.5 Å². The summed E-state index contributed by atoms with van der Waals surface area (Å²) in [4.78, 5) is 10.9. The van der Waals surface area contributed by atoms with E-state index in [0.29, 0.717) is 22.6 Å². The maximum absolute atomic E-state index is 12.9. The summed E-state index contributed by atoms with van der Waals surface area (Å²) in [7, 11) is 3.03. The van der Waals surface area contributed by atoms with Gasteiger partial charge < -0.3 is 9.47 Å². The second-order valence-corrected chi connectivity index (χ2v) is 6.00. The predicted molar refractivity (Wildman–Crippen MR) is 89.3 cm³/mol. The number of nitrogens with zero attached hydrogens (tertiary/aromatic N) is 1. The van der Waals surface area contributed by atoms with Crippen LogP contribution < -0.4 is 9.47 Å². The molecule has 1 radical (unpaired) electrons. The maximum Gasteiger partial charge on any atom is 0.273 e. The molecule has 2 rings (SSSR count). The van der Waals surface area contributed by atoms with E-state index < -0.39 is 16.4 Å². The van der Waals surface area contributed by atoms with E-state index in [4.69, 9.17) is 9.47 Å². The van der Waals surface area contributed by atoms with Gasteiger partial charge >= 0.3 is 0 Å². The van der Waals surface area contributed by atoms with Gasteiger partial charge in [0, 0.05) is 23.6 Å². The number of nitro benzene ring substituents is 1. The summed E-state index contributed by atoms with van der Waals surface area (Å²) in [6.07, 6.45) is 0. The van der Waals surface area contributed by atoms with Crippen LogP contribution in [0.4, 0.5) is 5.69 Å². The van der Waals surface area contributed by atoms with Gasteiger partial charge in [0.1, 0.15) is 17.1 Å². The quantitative estimate of drug-likeness (QED) is 0.593. The number of nitro groups is 1. The Kier molecular flexibility index (Phi) is 5.09. The summed E-state index contributed by atoms with van der Waals surface area (Å²) in [5.41, 5.74) is -0.574. The number of hydrogen-bond acceptors (Lipinski definition) is 4. The van der Waals surface area contributed by atoms with Crippen molar-refractivity contribution < 1.29 is 19.5 Å². The monoisotopic (exact) mass is 330 g/mol. The highest BCUT2D eigenvalue weighted by Gasteiger charge is 2.36. The molecule has 0 aliphatic carbocycles. The Morgan fingerprint density at radius 2 is 1.58 bits per heavy atom. The summed E-state index contributed by atoms with van der Waals surface area (Å²) in [5, 5.41) is 24.3. The van der Waals surface area contributed by atoms with Crippen molar-refractivity contribution in [3.05, 3.63) is 63.7 Å². The number of benzene rings is 2. The Hall–Kier alpha value is -2.60. The van der Waals surface area contributed by atoms with Crippen molar-refractivity contribution >= 4 is 5.69 Å². The minimum Gasteiger partial charge on any atom is -0.497 e. The van der Waals surface area contributed by atoms with Crippen molar-refractivity contribution in [1.29, 1.82) is 0 Å². The zero-order valence-corrected chi connectivity index (χ0v) is 14.1. The Morgan fingerprint density at radius 1 is 1.04 bits per heavy atom. The van der Waals surface area contributed by atoms with Crippen molar-refractivity contribution in [3.63, 3.8) is 0 Å². The number of rotatable bonds is 6. The lowest BCUT2D eigenvalue weighted by molar-refractivity contribution is -0.385. The molecule has 24 heavy (non-hydrogen) atoms. The first-order valence-electron chi connectivity index (χ1n) is 7.44. The van der Waals surface area contributed by atoms with E-state index in [1.54, 1.807) is 36.4 Å². The van der Waals surface area contributed by atoms with E-state index in [0.717, 1.165) is 0 Å². The molecule has 0 spiro atoms. The molecule has 0 fully saturated rings. The summed E-state index contributed by atoms with van der Waals surface area (Å²) >= 11 is 0. The average molecular weight is 330 g/mol. The molecule has 6 heteroatoms. The van der Waals surface area contributed by atoms with Gasteiger partial charge in [-0.25, -0.2) is 5.11 Å². The van der Waals surface area contributed by atoms with Crippen LogP contribution in [0.2, 0.25) is 0 Å². The van der Waals surface area contributed by atoms with Crippen LogP contribution in [0.3, 0.4) is 0 Å². The molecule has 0 amide bonds. The summed E-state index contributed by atoms with van der Waals surface area (Å²) in [6.45, 7) is 3.03. The van der Waals surface area contributed by atoms with Gasteiger partial charge in [-0.1, -0.05) is 18.2 Å². The molecule has 127 valence electrons. The highest BCUT2D eigenvalue weighted by Crippen LogP contribution is 2.41. The lowest BCUT2D eigenvalue weighted by atomic mass is 9.78. The first kappa shape index (κ1) is 17.7. The fourth-order valence-electron chi connectivity index (χ4n) is 2.85. The SMILES string of the molecule is COc1cc(OC)cc(C(c2ccccc2[N+](=O)[O-])C(C)(C)[O])c1. The van der Waals surface area contributed by atoms with E-state index >= 15 is 0 Å². The minimum absolute atomic E-state index is 0.0757. The molecule has 2 aromatic rings. The Balaban J connectivity index is 2.70. The third kappa shape index (κ3) is 3.65. The van der Waals surface area contributed by atoms with Gasteiger partial charge in [-0.2, -0.15) is 0 Å². The molecule has 0 heterocycles. The van der Waals surface area contributed by atoms with Gasteiger partial charge in [0.05, 0.1) is 19.1 Å². The highest BCUT2D eigenvalue weighted by atomic mass is 16.6. The fourth-order valence-corrected chi connectivity index (χ4v) is 2.85. The Morgan fingerprint density at radius 3 is 2.04 bits per heavy atom. The molecule has 0 saturated heterocycles. The van der Waals surface area contributed by atoms with Crippen LogP contribution in [0.15, 0.2) is 42.5 Å². The lowest BCUT2D eigenvalue weighted by Crippen LogP contribution is -2.29. The van der Waals surface area contributed by atoms with Crippen LogP contribution in [-0.2, 0) is 5.11 Å². The molecule has 0 N–H and O–H groups in total. The average Bonchev–Trinajstić information content (AvgIpc) is 2.53. The van der Waals surface area contributed by atoms with Gasteiger partial charge in [-0.3, -0.25) is 10.1 Å². The van der Waals surface area contributed by atoms with Crippen LogP contribution in [0, 0.1) is 10.1 Å². The largest absolute Gasteiger partial charge is 0.497 e. The maximum atomic E-state index is 12.9. The molecule has 0 saturated carbocycles. The molecule has 6 nitrogen and oxygen atoms in total. The Bertz CT molecular complexity index is 714. The fraction of sp³-hybridized carbons (Fsp3) is 0.333. The standard InChI is InChI=1S/C18H20NO5/c1-18(2,20)17(15-7-5-6-8-16(15)19(21)22)12-9-13(23-3)11-14(10-12)24-4/h5-11,17H,1-4H3. The van der Waals surface area contributed by atoms with Crippen LogP contribution in [-0.4, -0.2) is 24.7 Å². The molecular weight excluding hydrogens is 310 g/mol. The van der Waals surface area contributed by atoms with Crippen molar-refractivity contribution in [2.24, 2.45) is 0 Å². The first-order chi connectivity index (χ1) is 11.3. The van der Waals surface area contributed by atoms with Gasteiger partial charge in [-0.15, -0.1) is 0 Å². The molecular formula is C18H20NO5. The van der Waals surface area contributed by atoms with Gasteiger partial charge in [0.2, 0.25) is 0 Å². The van der Waals surface area contributed by atoms with Gasteiger partial charge in [-0.05, 0) is 31.5 Å². The third-order valence-corrected chi connectivity index (χ3v) is 3.85. The van der Waals surface area contributed by atoms with Crippen LogP contribution >= 0.6 is 0 Å². The molecule has 0 aliphatic rings. The molecule has 2 aromatic carbocycles. The predicted octanol–water partition coefficient (Wildman–Crippen LogP) is 3.95. The summed E-state index contributed by atoms with van der Waals surface area (Å²) in [5.74, 6) is 0.317. The van der Waals surface area contributed by atoms with E-state index in [-0.39, 0.29) is 5.69 Å². The second-order valence-electron chi connectivity index (χ2n) is 6.00. The molecule has 1 atom stereocenters. The van der Waals surface area contributed by atoms with E-state index in [1.165, 1.54) is 34.1 Å². The van der Waals surface area contributed by atoms with Crippen LogP contribution in [0.1, 0.15) is 30.9 Å². The number of hydrogen-bond donors (Lipinski definition) is 0. The molecule has 0 aromatic heterocycles. The lowest BCUT2D eigenvalue weighted by Gasteiger charge is -2.28. The smallest absolute Gasteiger partial charge is 0.273 e. The third-order valence-electron chi connectivity index (χ3n) is 3.85. The van der Waals surface area contributed by atoms with Gasteiger partial charge in [0.15, 0.2) is 0 Å². The highest BCUT2D eigenvalue weighted by molar-refractivity contribution is 5.51. The first-order valence-corrected chi connectivity index (χ1v) is 7.44. The molecule has 1 unspecified atom stereocenters. The van der Waals surface area contributed by atoms with E-state index in [2.05, 4.69) is 0 Å². The van der Waals surface area contributed by atoms with Crippen LogP contribution in [0.25, 0.3) is 0 Å². The zero-order valence-electron chi connectivity index (χ0n) is 14.1. The number of methoxy groups -OCH3 is 2. The Labute approximate surface area is 140 Å². The normalized spacial score (nSPS) is 12.5. The van der Waals surface area contributed by atoms with Gasteiger partial charge in [0.25, 0.3) is 5.69 Å². The minimum atomic E-state index is -1.48. The van der Waals surface area contributed by atoms with Crippen molar-refractivity contribution in [2.75, 3.05) is 14.2 Å². The van der Waals surface area contributed by atoms with Crippen molar-refractivity contribution in [1.82, 2.24) is 0 Å².